The SMILES string of the molecule is BCC(B)C(=O)OCc1ccccc1. The molecular formula is C10H14B2O2. The van der Waals surface area contributed by atoms with Crippen LogP contribution >= 0.6 is 0 Å². The predicted molar refractivity (Wildman–Crippen MR) is 61.9 cm³/mol. The predicted octanol–water partition coefficient (Wildman–Crippen LogP) is 0.203. The van der Waals surface area contributed by atoms with Crippen LogP contribution in [0.1, 0.15) is 5.56 Å². The molecule has 0 bridgehead atoms. The van der Waals surface area contributed by atoms with Crippen LogP contribution in [0.15, 0.2) is 30.3 Å². The Balaban J connectivity index is 2.38. The fourth-order valence-corrected chi connectivity index (χ4v) is 1.04. The topological polar surface area (TPSA) is 26.3 Å². The molecule has 1 atom stereocenters. The van der Waals surface area contributed by atoms with Crippen molar-refractivity contribution in [1.82, 2.24) is 0 Å². The van der Waals surface area contributed by atoms with Crippen LogP contribution in [-0.4, -0.2) is 21.7 Å². The van der Waals surface area contributed by atoms with Crippen LogP contribution in [0.4, 0.5) is 0 Å². The highest BCUT2D eigenvalue weighted by Gasteiger charge is 2.11. The second kappa shape index (κ2) is 5.53. The molecule has 0 spiro atoms. The minimum atomic E-state index is -0.114. The molecule has 0 saturated heterocycles. The summed E-state index contributed by atoms with van der Waals surface area (Å²) in [5, 5.41) is 0. The van der Waals surface area contributed by atoms with Crippen LogP contribution < -0.4 is 0 Å². The van der Waals surface area contributed by atoms with Crippen molar-refractivity contribution in [3.05, 3.63) is 35.9 Å². The summed E-state index contributed by atoms with van der Waals surface area (Å²) in [6.45, 7) is 0.379. The van der Waals surface area contributed by atoms with Gasteiger partial charge in [0.25, 0.3) is 5.97 Å². The van der Waals surface area contributed by atoms with Crippen molar-refractivity contribution in [2.24, 2.45) is 0 Å². The molecule has 0 saturated carbocycles. The standard InChI is InChI=1S/C10H14B2O2/c11-6-9(12)10(13)14-7-8-4-2-1-3-5-8/h1-5,9H,6-7,11-12H2. The summed E-state index contributed by atoms with van der Waals surface area (Å²) in [6.07, 6.45) is 0.827. The van der Waals surface area contributed by atoms with Gasteiger partial charge in [-0.2, -0.15) is 0 Å². The molecule has 0 radical (unpaired) electrons. The molecular weight excluding hydrogens is 174 g/mol. The van der Waals surface area contributed by atoms with Crippen molar-refractivity contribution < 1.29 is 9.53 Å². The van der Waals surface area contributed by atoms with Gasteiger partial charge in [0.2, 0.25) is 0 Å². The third-order valence-electron chi connectivity index (χ3n) is 2.24. The molecule has 1 aromatic carbocycles. The fraction of sp³-hybridized carbons (Fsp3) is 0.300. The summed E-state index contributed by atoms with van der Waals surface area (Å²) < 4.78 is 5.14. The van der Waals surface area contributed by atoms with Gasteiger partial charge < -0.3 is 4.74 Å². The van der Waals surface area contributed by atoms with Crippen molar-refractivity contribution >= 4 is 21.7 Å². The van der Waals surface area contributed by atoms with Gasteiger partial charge in [0, 0.05) is 5.82 Å². The summed E-state index contributed by atoms with van der Waals surface area (Å²) in [5.41, 5.74) is 1.03. The lowest BCUT2D eigenvalue weighted by Gasteiger charge is -2.08. The van der Waals surface area contributed by atoms with Crippen molar-refractivity contribution in [2.45, 2.75) is 18.7 Å². The zero-order chi connectivity index (χ0) is 10.4. The van der Waals surface area contributed by atoms with Crippen LogP contribution in [0.25, 0.3) is 0 Å². The van der Waals surface area contributed by atoms with E-state index in [0.717, 1.165) is 11.9 Å². The monoisotopic (exact) mass is 188 g/mol. The Morgan fingerprint density at radius 1 is 1.36 bits per heavy atom. The molecule has 0 aliphatic heterocycles. The molecule has 4 heteroatoms. The first-order valence-electron chi connectivity index (χ1n) is 4.94. The van der Waals surface area contributed by atoms with Gasteiger partial charge in [0.05, 0.1) is 0 Å². The van der Waals surface area contributed by atoms with Crippen LogP contribution in [-0.2, 0) is 16.1 Å². The van der Waals surface area contributed by atoms with E-state index < -0.39 is 0 Å². The summed E-state index contributed by atoms with van der Waals surface area (Å²) in [6, 6.07) is 9.71. The molecule has 0 aliphatic carbocycles. The van der Waals surface area contributed by atoms with Crippen molar-refractivity contribution in [1.29, 1.82) is 0 Å². The molecule has 1 rings (SSSR count). The fourth-order valence-electron chi connectivity index (χ4n) is 1.04. The van der Waals surface area contributed by atoms with Crippen LogP contribution in [0.2, 0.25) is 12.1 Å². The highest BCUT2D eigenvalue weighted by Crippen LogP contribution is 2.08. The van der Waals surface area contributed by atoms with Crippen molar-refractivity contribution in [2.75, 3.05) is 0 Å². The lowest BCUT2D eigenvalue weighted by molar-refractivity contribution is -0.144. The molecule has 1 unspecified atom stereocenters. The van der Waals surface area contributed by atoms with Gasteiger partial charge in [-0.05, 0) is 5.56 Å². The quantitative estimate of drug-likeness (QED) is 0.498. The van der Waals surface area contributed by atoms with E-state index in [1.807, 2.05) is 46.0 Å². The first-order chi connectivity index (χ1) is 6.74. The maximum atomic E-state index is 11.3. The largest absolute Gasteiger partial charge is 0.461 e. The Morgan fingerprint density at radius 3 is 2.57 bits per heavy atom. The lowest BCUT2D eigenvalue weighted by atomic mass is 9.77. The van der Waals surface area contributed by atoms with Gasteiger partial charge >= 0.3 is 0 Å². The first-order valence-corrected chi connectivity index (χ1v) is 4.94. The zero-order valence-electron chi connectivity index (χ0n) is 8.69. The maximum Gasteiger partial charge on any atom is 0.300 e. The number of ether oxygens (including phenoxy) is 1. The first kappa shape index (κ1) is 10.9. The molecule has 0 aliphatic rings. The molecule has 0 amide bonds. The Labute approximate surface area is 86.5 Å². The maximum absolute atomic E-state index is 11.3. The number of hydrogen-bond acceptors (Lipinski definition) is 2. The van der Waals surface area contributed by atoms with E-state index in [2.05, 4.69) is 0 Å². The molecule has 0 N–H and O–H groups in total. The normalized spacial score (nSPS) is 12.0. The highest BCUT2D eigenvalue weighted by molar-refractivity contribution is 6.27. The van der Waals surface area contributed by atoms with Crippen molar-refractivity contribution in [3.63, 3.8) is 0 Å². The van der Waals surface area contributed by atoms with E-state index in [1.54, 1.807) is 0 Å². The van der Waals surface area contributed by atoms with E-state index in [1.165, 1.54) is 0 Å². The lowest BCUT2D eigenvalue weighted by Crippen LogP contribution is -2.12. The molecule has 0 fully saturated rings. The Hall–Kier alpha value is -1.18. The average molecular weight is 188 g/mol. The van der Waals surface area contributed by atoms with E-state index in [-0.39, 0.29) is 11.8 Å². The number of benzene rings is 1. The molecule has 14 heavy (non-hydrogen) atoms. The minimum Gasteiger partial charge on any atom is -0.461 e. The summed E-state index contributed by atoms with van der Waals surface area (Å²) in [7, 11) is 3.86. The van der Waals surface area contributed by atoms with Gasteiger partial charge in [-0.15, -0.1) is 0 Å². The van der Waals surface area contributed by atoms with Crippen molar-refractivity contribution in [3.8, 4) is 0 Å². The second-order valence-electron chi connectivity index (χ2n) is 3.40. The highest BCUT2D eigenvalue weighted by atomic mass is 16.5. The molecule has 1 aromatic rings. The van der Waals surface area contributed by atoms with Gasteiger partial charge in [0.1, 0.15) is 22.3 Å². The van der Waals surface area contributed by atoms with Gasteiger partial charge in [-0.3, -0.25) is 4.79 Å². The van der Waals surface area contributed by atoms with E-state index in [4.69, 9.17) is 4.74 Å². The Bertz CT molecular complexity index is 287. The number of carbonyl (C=O) groups is 1. The second-order valence-corrected chi connectivity index (χ2v) is 3.40. The third kappa shape index (κ3) is 3.29. The van der Waals surface area contributed by atoms with Gasteiger partial charge in [0.15, 0.2) is 0 Å². The number of hydrogen-bond donors (Lipinski definition) is 0. The molecule has 72 valence electrons. The van der Waals surface area contributed by atoms with Gasteiger partial charge in [-0.25, -0.2) is 0 Å². The Kier molecular flexibility index (Phi) is 4.30. The van der Waals surface area contributed by atoms with Gasteiger partial charge in [-0.1, -0.05) is 36.7 Å². The van der Waals surface area contributed by atoms with E-state index in [0.29, 0.717) is 6.61 Å². The summed E-state index contributed by atoms with van der Waals surface area (Å²) in [4.78, 5) is 11.3. The average Bonchev–Trinajstić information content (AvgIpc) is 2.26. The van der Waals surface area contributed by atoms with E-state index in [9.17, 15) is 4.79 Å². The van der Waals surface area contributed by atoms with Crippen LogP contribution in [0.3, 0.4) is 0 Å². The zero-order valence-corrected chi connectivity index (χ0v) is 8.69. The molecule has 2 nitrogen and oxygen atoms in total. The minimum absolute atomic E-state index is 0.00119. The number of carbonyl (C=O) groups excluding carboxylic acids is 1. The van der Waals surface area contributed by atoms with E-state index >= 15 is 0 Å². The third-order valence-corrected chi connectivity index (χ3v) is 2.24. The molecule has 0 aromatic heterocycles. The summed E-state index contributed by atoms with van der Waals surface area (Å²) >= 11 is 0. The smallest absolute Gasteiger partial charge is 0.300 e. The van der Waals surface area contributed by atoms with Crippen LogP contribution in [0, 0.1) is 0 Å². The number of rotatable bonds is 4. The Morgan fingerprint density at radius 2 is 2.00 bits per heavy atom. The summed E-state index contributed by atoms with van der Waals surface area (Å²) in [5.74, 6) is -0.116. The van der Waals surface area contributed by atoms with Crippen LogP contribution in [0.5, 0.6) is 0 Å². The molecule has 0 heterocycles. The number of esters is 1.